The predicted octanol–water partition coefficient (Wildman–Crippen LogP) is 4.55. The van der Waals surface area contributed by atoms with Crippen LogP contribution in [0.4, 0.5) is 26.3 Å². The van der Waals surface area contributed by atoms with E-state index in [1.54, 1.807) is 0 Å². The summed E-state index contributed by atoms with van der Waals surface area (Å²) in [6.45, 7) is 0.285. The molecule has 0 saturated carbocycles. The molecule has 0 aromatic heterocycles. The van der Waals surface area contributed by atoms with Gasteiger partial charge in [-0.25, -0.2) is 13.1 Å². The molecular weight excluding hydrogens is 490 g/mol. The zero-order valence-corrected chi connectivity index (χ0v) is 16.9. The Bertz CT molecular complexity index is 912. The Kier molecular flexibility index (Phi) is 7.36. The first kappa shape index (κ1) is 23.6. The Hall–Kier alpha value is -1.63. The summed E-state index contributed by atoms with van der Waals surface area (Å²) in [4.78, 5) is -1.10. The van der Waals surface area contributed by atoms with Crippen LogP contribution in [-0.2, 0) is 28.9 Å². The molecule has 0 radical (unpaired) electrons. The second-order valence-corrected chi connectivity index (χ2v) is 8.63. The first-order valence-electron chi connectivity index (χ1n) is 8.03. The lowest BCUT2D eigenvalue weighted by molar-refractivity contribution is -0.143. The van der Waals surface area contributed by atoms with Crippen LogP contribution >= 0.6 is 15.9 Å². The van der Waals surface area contributed by atoms with Gasteiger partial charge in [0.2, 0.25) is 10.0 Å². The smallest absolute Gasteiger partial charge is 0.311 e. The van der Waals surface area contributed by atoms with E-state index >= 15 is 0 Å². The van der Waals surface area contributed by atoms with Crippen LogP contribution in [0.25, 0.3) is 0 Å². The fraction of sp³-hybridized carbons (Fsp3) is 0.294. The van der Waals surface area contributed by atoms with Gasteiger partial charge in [0.25, 0.3) is 0 Å². The third-order valence-electron chi connectivity index (χ3n) is 3.71. The Labute approximate surface area is 171 Å². The summed E-state index contributed by atoms with van der Waals surface area (Å²) in [5.41, 5.74) is -2.48. The van der Waals surface area contributed by atoms with Gasteiger partial charge in [0.05, 0.1) is 16.0 Å². The zero-order chi connectivity index (χ0) is 21.9. The van der Waals surface area contributed by atoms with Crippen molar-refractivity contribution in [2.24, 2.45) is 0 Å². The van der Waals surface area contributed by atoms with Crippen LogP contribution in [0, 0.1) is 0 Å². The summed E-state index contributed by atoms with van der Waals surface area (Å²) in [5.74, 6) is 0. The van der Waals surface area contributed by atoms with Crippen LogP contribution < -0.4 is 10.0 Å². The molecule has 0 atom stereocenters. The van der Waals surface area contributed by atoms with Gasteiger partial charge < -0.3 is 5.32 Å². The van der Waals surface area contributed by atoms with Crippen LogP contribution in [-0.4, -0.2) is 21.5 Å². The molecule has 2 rings (SSSR count). The molecule has 0 fully saturated rings. The number of benzene rings is 2. The van der Waals surface area contributed by atoms with E-state index in [9.17, 15) is 34.8 Å². The number of nitrogens with one attached hydrogen (secondary N) is 2. The number of sulfonamides is 1. The van der Waals surface area contributed by atoms with E-state index < -0.39 is 38.4 Å². The topological polar surface area (TPSA) is 58.2 Å². The van der Waals surface area contributed by atoms with Crippen LogP contribution in [0.2, 0.25) is 0 Å². The summed E-state index contributed by atoms with van der Waals surface area (Å²) < 4.78 is 104. The molecule has 0 bridgehead atoms. The minimum atomic E-state index is -5.13. The minimum absolute atomic E-state index is 0.111. The number of halogens is 7. The standard InChI is InChI=1S/C17H15BrF6N2O2S/c18-14-3-1-11(2-4-14)10-25-5-6-26-29(27,28)15-8-12(16(19,20)21)7-13(9-15)17(22,23)24/h1-4,7-9,25-26H,5-6,10H2. The highest BCUT2D eigenvalue weighted by atomic mass is 79.9. The van der Waals surface area contributed by atoms with E-state index in [-0.39, 0.29) is 31.3 Å². The van der Waals surface area contributed by atoms with Gasteiger partial charge in [-0.15, -0.1) is 0 Å². The number of hydrogen-bond acceptors (Lipinski definition) is 3. The van der Waals surface area contributed by atoms with Crippen molar-refractivity contribution in [3.05, 3.63) is 63.6 Å². The maximum atomic E-state index is 12.9. The predicted molar refractivity (Wildman–Crippen MR) is 97.5 cm³/mol. The second kappa shape index (κ2) is 9.02. The van der Waals surface area contributed by atoms with Gasteiger partial charge in [0.1, 0.15) is 0 Å². The highest BCUT2D eigenvalue weighted by Crippen LogP contribution is 2.37. The number of alkyl halides is 6. The number of hydrogen-bond donors (Lipinski definition) is 2. The zero-order valence-electron chi connectivity index (χ0n) is 14.5. The van der Waals surface area contributed by atoms with E-state index in [1.807, 2.05) is 29.0 Å². The van der Waals surface area contributed by atoms with Crippen molar-refractivity contribution in [1.29, 1.82) is 0 Å². The van der Waals surface area contributed by atoms with Crippen molar-refractivity contribution in [1.82, 2.24) is 10.0 Å². The highest BCUT2D eigenvalue weighted by molar-refractivity contribution is 9.10. The molecule has 29 heavy (non-hydrogen) atoms. The Morgan fingerprint density at radius 1 is 0.828 bits per heavy atom. The lowest BCUT2D eigenvalue weighted by Crippen LogP contribution is -2.32. The molecule has 0 amide bonds. The van der Waals surface area contributed by atoms with Gasteiger partial charge in [0.15, 0.2) is 0 Å². The SMILES string of the molecule is O=S(=O)(NCCNCc1ccc(Br)cc1)c1cc(C(F)(F)F)cc(C(F)(F)F)c1. The van der Waals surface area contributed by atoms with Gasteiger partial charge in [-0.3, -0.25) is 0 Å². The van der Waals surface area contributed by atoms with E-state index in [4.69, 9.17) is 0 Å². The fourth-order valence-corrected chi connectivity index (χ4v) is 3.64. The molecular formula is C17H15BrF6N2O2S. The van der Waals surface area contributed by atoms with E-state index in [1.165, 1.54) is 0 Å². The lowest BCUT2D eigenvalue weighted by Gasteiger charge is -2.15. The van der Waals surface area contributed by atoms with Crippen LogP contribution in [0.1, 0.15) is 16.7 Å². The minimum Gasteiger partial charge on any atom is -0.311 e. The highest BCUT2D eigenvalue weighted by Gasteiger charge is 2.38. The van der Waals surface area contributed by atoms with Crippen LogP contribution in [0.15, 0.2) is 51.8 Å². The van der Waals surface area contributed by atoms with Crippen molar-refractivity contribution < 1.29 is 34.8 Å². The molecule has 0 spiro atoms. The third kappa shape index (κ3) is 6.98. The Morgan fingerprint density at radius 3 is 1.83 bits per heavy atom. The molecule has 2 N–H and O–H groups in total. The first-order chi connectivity index (χ1) is 13.3. The van der Waals surface area contributed by atoms with Crippen molar-refractivity contribution in [2.45, 2.75) is 23.8 Å². The fourth-order valence-electron chi connectivity index (χ4n) is 2.27. The Morgan fingerprint density at radius 2 is 1.34 bits per heavy atom. The summed E-state index contributed by atoms with van der Waals surface area (Å²) in [6, 6.07) is 7.49. The molecule has 0 aliphatic rings. The third-order valence-corrected chi connectivity index (χ3v) is 5.68. The molecule has 4 nitrogen and oxygen atoms in total. The molecule has 160 valence electrons. The molecule has 12 heteroatoms. The average molecular weight is 505 g/mol. The Balaban J connectivity index is 2.06. The largest absolute Gasteiger partial charge is 0.416 e. The summed E-state index contributed by atoms with van der Waals surface area (Å²) in [5, 5.41) is 2.91. The lowest BCUT2D eigenvalue weighted by atomic mass is 10.1. The molecule has 0 heterocycles. The van der Waals surface area contributed by atoms with Crippen molar-refractivity contribution in [3.8, 4) is 0 Å². The monoisotopic (exact) mass is 504 g/mol. The first-order valence-corrected chi connectivity index (χ1v) is 10.3. The second-order valence-electron chi connectivity index (χ2n) is 5.94. The van der Waals surface area contributed by atoms with Crippen LogP contribution in [0.3, 0.4) is 0 Å². The molecule has 0 aliphatic carbocycles. The van der Waals surface area contributed by atoms with Gasteiger partial charge in [-0.05, 0) is 35.9 Å². The average Bonchev–Trinajstić information content (AvgIpc) is 2.61. The van der Waals surface area contributed by atoms with Crippen molar-refractivity contribution >= 4 is 26.0 Å². The van der Waals surface area contributed by atoms with Crippen LogP contribution in [0.5, 0.6) is 0 Å². The van der Waals surface area contributed by atoms with Crippen molar-refractivity contribution in [2.75, 3.05) is 13.1 Å². The number of rotatable bonds is 7. The van der Waals surface area contributed by atoms with Gasteiger partial charge >= 0.3 is 12.4 Å². The molecule has 2 aromatic carbocycles. The van der Waals surface area contributed by atoms with Gasteiger partial charge in [-0.2, -0.15) is 26.3 Å². The quantitative estimate of drug-likeness (QED) is 0.429. The molecule has 2 aromatic rings. The maximum absolute atomic E-state index is 12.9. The van der Waals surface area contributed by atoms with E-state index in [0.717, 1.165) is 10.0 Å². The normalized spacial score (nSPS) is 12.9. The molecule has 0 aliphatic heterocycles. The van der Waals surface area contributed by atoms with Gasteiger partial charge in [-0.1, -0.05) is 28.1 Å². The van der Waals surface area contributed by atoms with Crippen molar-refractivity contribution in [3.63, 3.8) is 0 Å². The summed E-state index contributed by atoms with van der Waals surface area (Å²) in [6.07, 6.45) is -10.3. The molecule has 0 saturated heterocycles. The van der Waals surface area contributed by atoms with Gasteiger partial charge in [0, 0.05) is 24.1 Å². The van der Waals surface area contributed by atoms with E-state index in [0.29, 0.717) is 6.54 Å². The maximum Gasteiger partial charge on any atom is 0.416 e. The summed E-state index contributed by atoms with van der Waals surface area (Å²) >= 11 is 3.28. The summed E-state index contributed by atoms with van der Waals surface area (Å²) in [7, 11) is -4.57. The molecule has 0 unspecified atom stereocenters. The van der Waals surface area contributed by atoms with E-state index in [2.05, 4.69) is 21.2 Å².